The van der Waals surface area contributed by atoms with Gasteiger partial charge in [-0.1, -0.05) is 43.8 Å². The van der Waals surface area contributed by atoms with E-state index < -0.39 is 0 Å². The van der Waals surface area contributed by atoms with E-state index in [1.54, 1.807) is 6.26 Å². The number of para-hydroxylation sites is 1. The zero-order chi connectivity index (χ0) is 19.6. The molecule has 0 saturated carbocycles. The number of thioether (sulfide) groups is 1. The second kappa shape index (κ2) is 8.00. The maximum atomic E-state index is 12.7. The molecule has 0 aliphatic heterocycles. The van der Waals surface area contributed by atoms with E-state index in [2.05, 4.69) is 29.4 Å². The Morgan fingerprint density at radius 3 is 2.59 bits per heavy atom. The average molecular weight is 385 g/mol. The molecule has 0 aliphatic carbocycles. The molecule has 1 aromatic carbocycles. The van der Waals surface area contributed by atoms with Crippen LogP contribution in [0.3, 0.4) is 0 Å². The van der Waals surface area contributed by atoms with E-state index in [9.17, 15) is 4.79 Å². The number of aromatic nitrogens is 3. The summed E-state index contributed by atoms with van der Waals surface area (Å²) in [6.07, 6.45) is 1.63. The van der Waals surface area contributed by atoms with E-state index in [1.165, 1.54) is 11.8 Å². The third kappa shape index (κ3) is 4.08. The number of nitrogens with zero attached hydrogens (tertiary/aromatic N) is 3. The number of aryl methyl sites for hydroxylation is 1. The summed E-state index contributed by atoms with van der Waals surface area (Å²) in [5, 5.41) is 11.9. The lowest BCUT2D eigenvalue weighted by Gasteiger charge is -2.16. The van der Waals surface area contributed by atoms with Gasteiger partial charge in [0.2, 0.25) is 5.91 Å². The number of hydrogen-bond acceptors (Lipinski definition) is 5. The first-order valence-electron chi connectivity index (χ1n) is 8.88. The summed E-state index contributed by atoms with van der Waals surface area (Å²) in [5.41, 5.74) is 2.89. The first-order valence-corrected chi connectivity index (χ1v) is 9.76. The van der Waals surface area contributed by atoms with Crippen molar-refractivity contribution in [1.82, 2.24) is 14.8 Å². The summed E-state index contributed by atoms with van der Waals surface area (Å²) < 4.78 is 7.23. The molecule has 27 heavy (non-hydrogen) atoms. The molecule has 1 N–H and O–H groups in total. The Kier molecular flexibility index (Phi) is 5.70. The molecule has 2 aromatic heterocycles. The second-order valence-corrected chi connectivity index (χ2v) is 8.05. The molecule has 0 radical (unpaired) electrons. The largest absolute Gasteiger partial charge is 0.469 e. The Morgan fingerprint density at radius 2 is 1.93 bits per heavy atom. The maximum Gasteiger partial charge on any atom is 0.237 e. The summed E-state index contributed by atoms with van der Waals surface area (Å²) in [6, 6.07) is 9.77. The molecule has 0 unspecified atom stereocenters. The number of amides is 1. The van der Waals surface area contributed by atoms with Gasteiger partial charge in [0.25, 0.3) is 0 Å². The summed E-state index contributed by atoms with van der Waals surface area (Å²) in [4.78, 5) is 12.7. The fourth-order valence-corrected chi connectivity index (χ4v) is 3.64. The zero-order valence-corrected chi connectivity index (χ0v) is 17.0. The fraction of sp³-hybridized carbons (Fsp3) is 0.350. The number of anilines is 1. The van der Waals surface area contributed by atoms with Gasteiger partial charge in [0.15, 0.2) is 11.0 Å². The second-order valence-electron chi connectivity index (χ2n) is 6.75. The summed E-state index contributed by atoms with van der Waals surface area (Å²) >= 11 is 1.38. The van der Waals surface area contributed by atoms with Gasteiger partial charge in [-0.05, 0) is 37.5 Å². The Morgan fingerprint density at radius 1 is 1.19 bits per heavy atom. The molecule has 1 atom stereocenters. The maximum absolute atomic E-state index is 12.7. The number of benzene rings is 1. The van der Waals surface area contributed by atoms with Crippen LogP contribution >= 0.6 is 11.8 Å². The Bertz CT molecular complexity index is 945. The van der Waals surface area contributed by atoms with Crippen LogP contribution in [0.5, 0.6) is 0 Å². The van der Waals surface area contributed by atoms with Crippen molar-refractivity contribution in [2.75, 3.05) is 5.32 Å². The van der Waals surface area contributed by atoms with Crippen LogP contribution in [0.2, 0.25) is 0 Å². The van der Waals surface area contributed by atoms with E-state index in [0.717, 1.165) is 28.4 Å². The molecule has 3 aromatic rings. The molecular weight excluding hydrogens is 360 g/mol. The van der Waals surface area contributed by atoms with Crippen LogP contribution in [0, 0.1) is 6.92 Å². The predicted octanol–water partition coefficient (Wildman–Crippen LogP) is 4.63. The highest BCUT2D eigenvalue weighted by molar-refractivity contribution is 8.00. The third-order valence-electron chi connectivity index (χ3n) is 4.43. The van der Waals surface area contributed by atoms with Gasteiger partial charge in [0.1, 0.15) is 5.76 Å². The highest BCUT2D eigenvalue weighted by Crippen LogP contribution is 2.29. The van der Waals surface area contributed by atoms with Crippen LogP contribution < -0.4 is 5.32 Å². The normalized spacial score (nSPS) is 12.4. The number of nitrogens with one attached hydrogen (secondary N) is 1. The van der Waals surface area contributed by atoms with Crippen molar-refractivity contribution >= 4 is 23.4 Å². The van der Waals surface area contributed by atoms with E-state index in [0.29, 0.717) is 11.1 Å². The molecule has 0 spiro atoms. The lowest BCUT2D eigenvalue weighted by molar-refractivity contribution is -0.115. The minimum Gasteiger partial charge on any atom is -0.469 e. The number of furan rings is 1. The molecular formula is C20H24N4O2S. The zero-order valence-electron chi connectivity index (χ0n) is 16.2. The number of carbonyl (C=O) groups excluding carboxylic acids is 1. The molecule has 2 heterocycles. The van der Waals surface area contributed by atoms with Crippen molar-refractivity contribution in [2.45, 2.75) is 44.0 Å². The van der Waals surface area contributed by atoms with E-state index in [4.69, 9.17) is 4.42 Å². The SMILES string of the molecule is Cc1occc1-c1nnc(S[C@@H](C)C(=O)Nc2ccccc2C(C)C)n1C. The topological polar surface area (TPSA) is 72.9 Å². The first kappa shape index (κ1) is 19.2. The monoisotopic (exact) mass is 384 g/mol. The Balaban J connectivity index is 1.73. The number of carbonyl (C=O) groups is 1. The Hall–Kier alpha value is -2.54. The lowest BCUT2D eigenvalue weighted by Crippen LogP contribution is -2.23. The lowest BCUT2D eigenvalue weighted by atomic mass is 10.0. The van der Waals surface area contributed by atoms with E-state index >= 15 is 0 Å². The summed E-state index contributed by atoms with van der Waals surface area (Å²) in [6.45, 7) is 7.98. The van der Waals surface area contributed by atoms with Crippen molar-refractivity contribution < 1.29 is 9.21 Å². The summed E-state index contributed by atoms with van der Waals surface area (Å²) in [5.74, 6) is 1.79. The smallest absolute Gasteiger partial charge is 0.237 e. The van der Waals surface area contributed by atoms with Gasteiger partial charge in [0, 0.05) is 12.7 Å². The van der Waals surface area contributed by atoms with Crippen LogP contribution in [0.25, 0.3) is 11.4 Å². The minimum atomic E-state index is -0.314. The molecule has 1 amide bonds. The van der Waals surface area contributed by atoms with Crippen LogP contribution in [0.1, 0.15) is 38.0 Å². The Labute approximate surface area is 163 Å². The standard InChI is InChI=1S/C20H24N4O2S/c1-12(2)15-8-6-7-9-17(15)21-19(25)14(4)27-20-23-22-18(24(20)5)16-10-11-26-13(16)3/h6-12,14H,1-5H3,(H,21,25)/t14-/m0/s1. The van der Waals surface area contributed by atoms with Gasteiger partial charge in [-0.2, -0.15) is 0 Å². The molecule has 142 valence electrons. The molecule has 0 fully saturated rings. The van der Waals surface area contributed by atoms with Crippen LogP contribution in [0.15, 0.2) is 46.2 Å². The van der Waals surface area contributed by atoms with Gasteiger partial charge in [0.05, 0.1) is 17.1 Å². The first-order chi connectivity index (χ1) is 12.9. The predicted molar refractivity (Wildman–Crippen MR) is 108 cm³/mol. The van der Waals surface area contributed by atoms with Crippen molar-refractivity contribution in [2.24, 2.45) is 7.05 Å². The van der Waals surface area contributed by atoms with Crippen molar-refractivity contribution in [3.8, 4) is 11.4 Å². The fourth-order valence-electron chi connectivity index (χ4n) is 2.83. The highest BCUT2D eigenvalue weighted by Gasteiger charge is 2.21. The van der Waals surface area contributed by atoms with Gasteiger partial charge < -0.3 is 14.3 Å². The van der Waals surface area contributed by atoms with Crippen molar-refractivity contribution in [1.29, 1.82) is 0 Å². The average Bonchev–Trinajstić information content (AvgIpc) is 3.21. The third-order valence-corrected chi connectivity index (χ3v) is 5.56. The van der Waals surface area contributed by atoms with E-state index in [1.807, 2.05) is 55.8 Å². The number of hydrogen-bond donors (Lipinski definition) is 1. The molecule has 3 rings (SSSR count). The van der Waals surface area contributed by atoms with E-state index in [-0.39, 0.29) is 11.2 Å². The molecule has 0 aliphatic rings. The molecule has 6 nitrogen and oxygen atoms in total. The van der Waals surface area contributed by atoms with Gasteiger partial charge in [-0.25, -0.2) is 0 Å². The van der Waals surface area contributed by atoms with Crippen LogP contribution in [-0.2, 0) is 11.8 Å². The quantitative estimate of drug-likeness (QED) is 0.628. The molecule has 0 saturated heterocycles. The van der Waals surface area contributed by atoms with Crippen molar-refractivity contribution in [3.63, 3.8) is 0 Å². The van der Waals surface area contributed by atoms with Crippen molar-refractivity contribution in [3.05, 3.63) is 47.9 Å². The molecule has 0 bridgehead atoms. The van der Waals surface area contributed by atoms with Gasteiger partial charge in [-0.15, -0.1) is 10.2 Å². The highest BCUT2D eigenvalue weighted by atomic mass is 32.2. The number of rotatable bonds is 6. The van der Waals surface area contributed by atoms with Crippen LogP contribution in [-0.4, -0.2) is 25.9 Å². The van der Waals surface area contributed by atoms with Gasteiger partial charge in [-0.3, -0.25) is 4.79 Å². The van der Waals surface area contributed by atoms with Gasteiger partial charge >= 0.3 is 0 Å². The summed E-state index contributed by atoms with van der Waals surface area (Å²) in [7, 11) is 1.89. The van der Waals surface area contributed by atoms with Crippen LogP contribution in [0.4, 0.5) is 5.69 Å². The molecule has 7 heteroatoms. The minimum absolute atomic E-state index is 0.0582.